The highest BCUT2D eigenvalue weighted by atomic mass is 32.2. The van der Waals surface area contributed by atoms with Crippen LogP contribution in [0.2, 0.25) is 0 Å². The summed E-state index contributed by atoms with van der Waals surface area (Å²) in [4.78, 5) is 4.18. The van der Waals surface area contributed by atoms with Gasteiger partial charge in [-0.3, -0.25) is 4.99 Å². The molecule has 1 saturated heterocycles. The molecular formula is C17H33F3N4O2S. The van der Waals surface area contributed by atoms with Gasteiger partial charge < -0.3 is 10.6 Å². The number of sulfonamides is 1. The summed E-state index contributed by atoms with van der Waals surface area (Å²) in [6, 6.07) is 0. The molecule has 0 aromatic carbocycles. The normalized spacial score (nSPS) is 18.8. The average Bonchev–Trinajstić information content (AvgIpc) is 2.53. The third-order valence-electron chi connectivity index (χ3n) is 4.68. The van der Waals surface area contributed by atoms with Crippen LogP contribution in [0, 0.1) is 17.3 Å². The van der Waals surface area contributed by atoms with Crippen LogP contribution in [0.3, 0.4) is 0 Å². The number of nitrogens with zero attached hydrogens (tertiary/aromatic N) is 2. The maximum absolute atomic E-state index is 12.6. The van der Waals surface area contributed by atoms with E-state index in [0.717, 1.165) is 13.0 Å². The van der Waals surface area contributed by atoms with Crippen molar-refractivity contribution in [3.8, 4) is 0 Å². The zero-order valence-corrected chi connectivity index (χ0v) is 17.7. The van der Waals surface area contributed by atoms with Gasteiger partial charge in [-0.2, -0.15) is 17.5 Å². The molecule has 0 aromatic heterocycles. The third kappa shape index (κ3) is 7.48. The number of alkyl halides is 3. The Hall–Kier alpha value is -1.03. The lowest BCUT2D eigenvalue weighted by atomic mass is 9.84. The molecular weight excluding hydrogens is 381 g/mol. The van der Waals surface area contributed by atoms with Gasteiger partial charge in [-0.25, -0.2) is 8.42 Å². The van der Waals surface area contributed by atoms with Crippen molar-refractivity contribution in [2.24, 2.45) is 22.2 Å². The fourth-order valence-corrected chi connectivity index (χ4v) is 4.45. The van der Waals surface area contributed by atoms with Crippen LogP contribution in [-0.4, -0.2) is 57.4 Å². The van der Waals surface area contributed by atoms with Crippen LogP contribution in [0.4, 0.5) is 13.2 Å². The van der Waals surface area contributed by atoms with E-state index in [-0.39, 0.29) is 24.4 Å². The molecule has 6 nitrogen and oxygen atoms in total. The Balaban J connectivity index is 2.44. The van der Waals surface area contributed by atoms with Crippen molar-refractivity contribution in [2.75, 3.05) is 33.2 Å². The second-order valence-corrected chi connectivity index (χ2v) is 10.3. The Morgan fingerprint density at radius 2 is 1.74 bits per heavy atom. The van der Waals surface area contributed by atoms with Crippen LogP contribution in [0.25, 0.3) is 0 Å². The van der Waals surface area contributed by atoms with Crippen LogP contribution in [-0.2, 0) is 10.0 Å². The molecule has 0 saturated carbocycles. The Morgan fingerprint density at radius 1 is 1.19 bits per heavy atom. The van der Waals surface area contributed by atoms with Crippen molar-refractivity contribution in [1.82, 2.24) is 14.9 Å². The molecule has 0 amide bonds. The molecule has 10 heteroatoms. The molecule has 160 valence electrons. The topological polar surface area (TPSA) is 73.8 Å². The van der Waals surface area contributed by atoms with Crippen molar-refractivity contribution < 1.29 is 21.6 Å². The lowest BCUT2D eigenvalue weighted by Crippen LogP contribution is -2.48. The van der Waals surface area contributed by atoms with Gasteiger partial charge in [0.15, 0.2) is 5.96 Å². The van der Waals surface area contributed by atoms with E-state index in [4.69, 9.17) is 0 Å². The van der Waals surface area contributed by atoms with Gasteiger partial charge in [0.05, 0.1) is 0 Å². The van der Waals surface area contributed by atoms with Gasteiger partial charge in [0, 0.05) is 33.2 Å². The first-order valence-corrected chi connectivity index (χ1v) is 10.7. The van der Waals surface area contributed by atoms with Crippen LogP contribution < -0.4 is 10.6 Å². The molecule has 1 heterocycles. The number of hydrogen-bond acceptors (Lipinski definition) is 3. The van der Waals surface area contributed by atoms with Gasteiger partial charge in [-0.1, -0.05) is 27.7 Å². The average molecular weight is 415 g/mol. The minimum atomic E-state index is -5.23. The molecule has 1 fully saturated rings. The highest BCUT2D eigenvalue weighted by Crippen LogP contribution is 2.30. The fourth-order valence-electron chi connectivity index (χ4n) is 3.46. The van der Waals surface area contributed by atoms with E-state index >= 15 is 0 Å². The Kier molecular flexibility index (Phi) is 8.40. The summed E-state index contributed by atoms with van der Waals surface area (Å²) in [5.74, 6) is 1.35. The van der Waals surface area contributed by atoms with Gasteiger partial charge in [-0.15, -0.1) is 0 Å². The number of rotatable bonds is 7. The van der Waals surface area contributed by atoms with E-state index in [1.165, 1.54) is 0 Å². The molecule has 0 unspecified atom stereocenters. The third-order valence-corrected chi connectivity index (χ3v) is 6.31. The van der Waals surface area contributed by atoms with Crippen LogP contribution in [0.15, 0.2) is 4.99 Å². The van der Waals surface area contributed by atoms with Crippen molar-refractivity contribution in [1.29, 1.82) is 0 Å². The molecule has 27 heavy (non-hydrogen) atoms. The van der Waals surface area contributed by atoms with Crippen LogP contribution in [0.1, 0.15) is 47.0 Å². The summed E-state index contributed by atoms with van der Waals surface area (Å²) in [6.07, 6.45) is 1.85. The number of aliphatic imine (C=N–C) groups is 1. The minimum Gasteiger partial charge on any atom is -0.356 e. The second kappa shape index (κ2) is 9.45. The van der Waals surface area contributed by atoms with Crippen LogP contribution in [0.5, 0.6) is 0 Å². The van der Waals surface area contributed by atoms with Crippen LogP contribution >= 0.6 is 0 Å². The number of nitrogens with one attached hydrogen (secondary N) is 2. The predicted octanol–water partition coefficient (Wildman–Crippen LogP) is 2.79. The summed E-state index contributed by atoms with van der Waals surface area (Å²) < 4.78 is 61.2. The summed E-state index contributed by atoms with van der Waals surface area (Å²) in [5, 5.41) is 6.49. The Morgan fingerprint density at radius 3 is 2.19 bits per heavy atom. The first-order chi connectivity index (χ1) is 12.3. The zero-order valence-electron chi connectivity index (χ0n) is 16.9. The smallest absolute Gasteiger partial charge is 0.356 e. The summed E-state index contributed by atoms with van der Waals surface area (Å²) in [6.45, 7) is 9.81. The number of guanidine groups is 1. The number of hydrogen-bond donors (Lipinski definition) is 2. The molecule has 1 aliphatic heterocycles. The standard InChI is InChI=1S/C17H33F3N4O2S/c1-13(2)10-16(3,4)12-23-15(21-5)22-11-14-6-8-24(9-7-14)27(25,26)17(18,19)20/h13-14H,6-12H2,1-5H3,(H2,21,22,23). The van der Waals surface area contributed by atoms with E-state index in [2.05, 4.69) is 43.3 Å². The lowest BCUT2D eigenvalue weighted by Gasteiger charge is -2.32. The highest BCUT2D eigenvalue weighted by Gasteiger charge is 2.50. The number of halogens is 3. The fraction of sp³-hybridized carbons (Fsp3) is 0.941. The van der Waals surface area contributed by atoms with E-state index in [1.807, 2.05) is 0 Å². The van der Waals surface area contributed by atoms with E-state index in [0.29, 0.717) is 35.6 Å². The maximum Gasteiger partial charge on any atom is 0.511 e. The first kappa shape index (κ1) is 24.0. The van der Waals surface area contributed by atoms with Gasteiger partial charge in [0.1, 0.15) is 0 Å². The monoisotopic (exact) mass is 414 g/mol. The quantitative estimate of drug-likeness (QED) is 0.496. The van der Waals surface area contributed by atoms with E-state index in [1.54, 1.807) is 7.05 Å². The molecule has 0 atom stereocenters. The zero-order chi connectivity index (χ0) is 20.9. The summed E-state index contributed by atoms with van der Waals surface area (Å²) in [5.41, 5.74) is -5.12. The van der Waals surface area contributed by atoms with Gasteiger partial charge in [0.25, 0.3) is 0 Å². The molecule has 0 aromatic rings. The van der Waals surface area contributed by atoms with Gasteiger partial charge in [0.2, 0.25) is 0 Å². The Labute approximate surface area is 161 Å². The summed E-state index contributed by atoms with van der Waals surface area (Å²) in [7, 11) is -3.55. The first-order valence-electron chi connectivity index (χ1n) is 9.29. The molecule has 0 bridgehead atoms. The molecule has 1 rings (SSSR count). The summed E-state index contributed by atoms with van der Waals surface area (Å²) >= 11 is 0. The predicted molar refractivity (Wildman–Crippen MR) is 102 cm³/mol. The molecule has 0 spiro atoms. The van der Waals surface area contributed by atoms with Crippen molar-refractivity contribution >= 4 is 16.0 Å². The molecule has 2 N–H and O–H groups in total. The van der Waals surface area contributed by atoms with Crippen molar-refractivity contribution in [3.05, 3.63) is 0 Å². The van der Waals surface area contributed by atoms with E-state index in [9.17, 15) is 21.6 Å². The van der Waals surface area contributed by atoms with Crippen molar-refractivity contribution in [2.45, 2.75) is 52.5 Å². The van der Waals surface area contributed by atoms with Gasteiger partial charge in [-0.05, 0) is 36.5 Å². The molecule has 0 radical (unpaired) electrons. The lowest BCUT2D eigenvalue weighted by molar-refractivity contribution is -0.0496. The second-order valence-electron chi connectivity index (χ2n) is 8.36. The Bertz CT molecular complexity index is 596. The molecule has 0 aliphatic carbocycles. The maximum atomic E-state index is 12.6. The van der Waals surface area contributed by atoms with E-state index < -0.39 is 15.5 Å². The highest BCUT2D eigenvalue weighted by molar-refractivity contribution is 7.90. The van der Waals surface area contributed by atoms with Crippen molar-refractivity contribution in [3.63, 3.8) is 0 Å². The number of piperidine rings is 1. The largest absolute Gasteiger partial charge is 0.511 e. The minimum absolute atomic E-state index is 0.104. The molecule has 1 aliphatic rings. The van der Waals surface area contributed by atoms with Gasteiger partial charge >= 0.3 is 15.5 Å². The SMILES string of the molecule is CN=C(NCC1CCN(S(=O)(=O)C(F)(F)F)CC1)NCC(C)(C)CC(C)C.